The van der Waals surface area contributed by atoms with Gasteiger partial charge in [-0.3, -0.25) is 6.08 Å². The summed E-state index contributed by atoms with van der Waals surface area (Å²) in [4.78, 5) is 2.40. The van der Waals surface area contributed by atoms with Crippen LogP contribution in [0.4, 0.5) is 0 Å². The summed E-state index contributed by atoms with van der Waals surface area (Å²) in [6.45, 7) is 1.22. The molecule has 0 bridgehead atoms. The van der Waals surface area contributed by atoms with Gasteiger partial charge in [0.05, 0.1) is 0 Å². The number of hydrogen-bond acceptors (Lipinski definition) is 1. The van der Waals surface area contributed by atoms with Crippen LogP contribution < -0.4 is 0 Å². The van der Waals surface area contributed by atoms with E-state index in [1.165, 1.54) is 109 Å². The van der Waals surface area contributed by atoms with E-state index < -0.39 is 0 Å². The predicted molar refractivity (Wildman–Crippen MR) is 133 cm³/mol. The Kier molecular flexibility index (Phi) is 13.6. The zero-order valence-corrected chi connectivity index (χ0v) is 22.8. The first-order valence-electron chi connectivity index (χ1n) is 12.8. The molecular weight excluding hydrogens is 410 g/mol. The van der Waals surface area contributed by atoms with Crippen molar-refractivity contribution in [1.82, 2.24) is 4.90 Å². The fourth-order valence-electron chi connectivity index (χ4n) is 6.78. The molecule has 3 fully saturated rings. The molecule has 2 heteroatoms. The molecule has 0 spiro atoms. The molecule has 1 unspecified atom stereocenters. The third-order valence-electron chi connectivity index (χ3n) is 8.30. The first kappa shape index (κ1) is 29.2. The van der Waals surface area contributed by atoms with Crippen LogP contribution in [0, 0.1) is 44.6 Å². The third kappa shape index (κ3) is 7.32. The smallest absolute Gasteiger partial charge is 0.358 e. The average Bonchev–Trinajstić information content (AvgIpc) is 3.13. The van der Waals surface area contributed by atoms with Gasteiger partial charge in [0, 0.05) is 0 Å². The Bertz CT molecular complexity index is 557. The Labute approximate surface area is 210 Å². The second-order valence-corrected chi connectivity index (χ2v) is 10.6. The first-order chi connectivity index (χ1) is 13.7. The molecule has 1 nitrogen and oxygen atoms in total. The average molecular weight is 461 g/mol. The molecule has 1 radical (unpaired) electrons. The minimum atomic E-state index is 0. The molecule has 0 aromatic rings. The molecule has 0 aliphatic heterocycles. The van der Waals surface area contributed by atoms with E-state index in [1.54, 1.807) is 5.57 Å². The van der Waals surface area contributed by atoms with E-state index >= 15 is 0 Å². The van der Waals surface area contributed by atoms with E-state index in [1.807, 2.05) is 11.1 Å². The van der Waals surface area contributed by atoms with Gasteiger partial charge in [0.2, 0.25) is 0 Å². The van der Waals surface area contributed by atoms with E-state index in [0.717, 1.165) is 17.8 Å². The Hall–Kier alpha value is 0.154. The van der Waals surface area contributed by atoms with E-state index in [4.69, 9.17) is 0 Å². The van der Waals surface area contributed by atoms with Gasteiger partial charge < -0.3 is 19.8 Å². The molecule has 3 saturated carbocycles. The largest absolute Gasteiger partial charge is 3.00 e. The van der Waals surface area contributed by atoms with Crippen LogP contribution in [0.25, 0.3) is 0 Å². The second-order valence-electron chi connectivity index (χ2n) is 10.6. The standard InChI is InChI=1S/C27H44N.2CH3.Ti/c1-28(2)19-18-24-25(21-12-6-3-7-13-21)20-26(22-14-8-4-9-15-22)27(24)23-16-10-5-11-17-23;;;/h21-23,25H,3-19H2,1-2H3;2*1H3;/q3*-1;+3. The van der Waals surface area contributed by atoms with Gasteiger partial charge in [-0.05, 0) is 51.7 Å². The molecular formula is C29H50NTi. The molecule has 4 aliphatic carbocycles. The summed E-state index contributed by atoms with van der Waals surface area (Å²) in [7, 11) is 4.51. The Morgan fingerprint density at radius 3 is 1.71 bits per heavy atom. The van der Waals surface area contributed by atoms with Crippen molar-refractivity contribution in [2.45, 2.75) is 103 Å². The SMILES string of the molecule is CN(C)CCC1=C(C2CCCCC2)C(C2CCCCC2)=[C-]C1C1CCCCC1.[CH3-].[CH3-].[Ti+3]. The van der Waals surface area contributed by atoms with Gasteiger partial charge in [0.25, 0.3) is 0 Å². The zero-order valence-electron chi connectivity index (χ0n) is 21.3. The monoisotopic (exact) mass is 460 g/mol. The quantitative estimate of drug-likeness (QED) is 0.285. The molecule has 4 aliphatic rings. The summed E-state index contributed by atoms with van der Waals surface area (Å²) in [6.07, 6.45) is 27.4. The van der Waals surface area contributed by atoms with Crippen molar-refractivity contribution in [3.8, 4) is 0 Å². The number of allylic oxidation sites excluding steroid dienone is 3. The van der Waals surface area contributed by atoms with Gasteiger partial charge in [-0.25, -0.2) is 5.57 Å². The van der Waals surface area contributed by atoms with E-state index in [-0.39, 0.29) is 36.6 Å². The van der Waals surface area contributed by atoms with E-state index in [2.05, 4.69) is 25.1 Å². The topological polar surface area (TPSA) is 3.24 Å². The summed E-state index contributed by atoms with van der Waals surface area (Å²) in [6, 6.07) is 0. The summed E-state index contributed by atoms with van der Waals surface area (Å²) >= 11 is 0. The zero-order chi connectivity index (χ0) is 19.3. The summed E-state index contributed by atoms with van der Waals surface area (Å²) in [5.41, 5.74) is 5.51. The number of hydrogen-bond donors (Lipinski definition) is 0. The van der Waals surface area contributed by atoms with Crippen LogP contribution >= 0.6 is 0 Å². The molecule has 1 atom stereocenters. The van der Waals surface area contributed by atoms with Crippen molar-refractivity contribution in [3.63, 3.8) is 0 Å². The van der Waals surface area contributed by atoms with Gasteiger partial charge in [-0.2, -0.15) is 11.1 Å². The maximum Gasteiger partial charge on any atom is 3.00 e. The molecule has 0 N–H and O–H groups in total. The Balaban J connectivity index is 0.00000160. The molecule has 0 aromatic heterocycles. The van der Waals surface area contributed by atoms with Gasteiger partial charge in [-0.1, -0.05) is 95.3 Å². The van der Waals surface area contributed by atoms with Gasteiger partial charge in [0.1, 0.15) is 0 Å². The van der Waals surface area contributed by atoms with Crippen LogP contribution in [-0.4, -0.2) is 25.5 Å². The molecule has 0 amide bonds. The van der Waals surface area contributed by atoms with Crippen LogP contribution in [0.3, 0.4) is 0 Å². The molecule has 0 heterocycles. The van der Waals surface area contributed by atoms with Crippen LogP contribution in [0.1, 0.15) is 103 Å². The van der Waals surface area contributed by atoms with Crippen molar-refractivity contribution in [1.29, 1.82) is 0 Å². The summed E-state index contributed by atoms with van der Waals surface area (Å²) in [5.74, 6) is 3.28. The molecule has 0 saturated heterocycles. The second kappa shape index (κ2) is 14.4. The third-order valence-corrected chi connectivity index (χ3v) is 8.30. The first-order valence-corrected chi connectivity index (χ1v) is 12.8. The Morgan fingerprint density at radius 1 is 0.710 bits per heavy atom. The molecule has 0 aromatic carbocycles. The maximum atomic E-state index is 4.28. The van der Waals surface area contributed by atoms with Crippen LogP contribution in [0.5, 0.6) is 0 Å². The van der Waals surface area contributed by atoms with Crippen LogP contribution in [-0.2, 0) is 21.7 Å². The van der Waals surface area contributed by atoms with E-state index in [0.29, 0.717) is 5.92 Å². The fourth-order valence-corrected chi connectivity index (χ4v) is 6.78. The van der Waals surface area contributed by atoms with Crippen LogP contribution in [0.15, 0.2) is 16.7 Å². The van der Waals surface area contributed by atoms with Crippen molar-refractivity contribution in [3.05, 3.63) is 37.6 Å². The van der Waals surface area contributed by atoms with Crippen molar-refractivity contribution in [2.75, 3.05) is 20.6 Å². The van der Waals surface area contributed by atoms with Crippen molar-refractivity contribution in [2.24, 2.45) is 23.7 Å². The number of rotatable bonds is 6. The molecule has 175 valence electrons. The Morgan fingerprint density at radius 2 is 1.19 bits per heavy atom. The summed E-state index contributed by atoms with van der Waals surface area (Å²) < 4.78 is 0. The minimum absolute atomic E-state index is 0. The van der Waals surface area contributed by atoms with Crippen LogP contribution in [0.2, 0.25) is 0 Å². The van der Waals surface area contributed by atoms with E-state index in [9.17, 15) is 0 Å². The molecule has 31 heavy (non-hydrogen) atoms. The van der Waals surface area contributed by atoms with Gasteiger partial charge in [-0.15, -0.1) is 0 Å². The predicted octanol–water partition coefficient (Wildman–Crippen LogP) is 8.23. The van der Waals surface area contributed by atoms with Crippen molar-refractivity contribution < 1.29 is 21.7 Å². The molecule has 4 rings (SSSR count). The maximum absolute atomic E-state index is 4.28. The fraction of sp³-hybridized carbons (Fsp3) is 0.793. The number of nitrogens with zero attached hydrogens (tertiary/aromatic N) is 1. The normalized spacial score (nSPS) is 26.2. The minimum Gasteiger partial charge on any atom is -0.358 e. The van der Waals surface area contributed by atoms with Gasteiger partial charge in [0.15, 0.2) is 0 Å². The summed E-state index contributed by atoms with van der Waals surface area (Å²) in [5, 5.41) is 0. The van der Waals surface area contributed by atoms with Gasteiger partial charge >= 0.3 is 21.7 Å². The van der Waals surface area contributed by atoms with Crippen molar-refractivity contribution >= 4 is 0 Å².